The molecule has 2 atom stereocenters. The van der Waals surface area contributed by atoms with Crippen molar-refractivity contribution in [3.8, 4) is 0 Å². The molecule has 0 spiro atoms. The third-order valence-corrected chi connectivity index (χ3v) is 5.26. The van der Waals surface area contributed by atoms with Crippen LogP contribution in [0.15, 0.2) is 42.5 Å². The lowest BCUT2D eigenvalue weighted by atomic mass is 10.1. The predicted octanol–water partition coefficient (Wildman–Crippen LogP) is 3.13. The van der Waals surface area contributed by atoms with Crippen molar-refractivity contribution >= 4 is 17.5 Å². The first-order valence-electron chi connectivity index (χ1n) is 10.4. The highest BCUT2D eigenvalue weighted by molar-refractivity contribution is 5.96. The van der Waals surface area contributed by atoms with E-state index in [0.717, 1.165) is 27.9 Å². The van der Waals surface area contributed by atoms with E-state index in [1.165, 1.54) is 0 Å². The van der Waals surface area contributed by atoms with Crippen molar-refractivity contribution in [3.05, 3.63) is 64.7 Å². The van der Waals surface area contributed by atoms with Gasteiger partial charge in [0, 0.05) is 18.8 Å². The van der Waals surface area contributed by atoms with E-state index >= 15 is 0 Å². The van der Waals surface area contributed by atoms with Crippen LogP contribution in [0.4, 0.5) is 5.69 Å². The molecule has 0 bridgehead atoms. The van der Waals surface area contributed by atoms with E-state index in [2.05, 4.69) is 15.5 Å². The first-order chi connectivity index (χ1) is 14.3. The fourth-order valence-corrected chi connectivity index (χ4v) is 4.02. The molecule has 0 aliphatic carbocycles. The first-order valence-corrected chi connectivity index (χ1v) is 10.4. The van der Waals surface area contributed by atoms with Crippen LogP contribution in [-0.4, -0.2) is 49.0 Å². The van der Waals surface area contributed by atoms with Crippen LogP contribution in [0.25, 0.3) is 0 Å². The average molecular weight is 410 g/mol. The van der Waals surface area contributed by atoms with E-state index in [9.17, 15) is 9.59 Å². The summed E-state index contributed by atoms with van der Waals surface area (Å²) in [4.78, 5) is 26.8. The molecule has 30 heavy (non-hydrogen) atoms. The Kier molecular flexibility index (Phi) is 7.24. The van der Waals surface area contributed by atoms with Gasteiger partial charge in [-0.05, 0) is 44.4 Å². The molecule has 0 saturated carbocycles. The van der Waals surface area contributed by atoms with Gasteiger partial charge >= 0.3 is 0 Å². The second-order valence-electron chi connectivity index (χ2n) is 8.14. The van der Waals surface area contributed by atoms with Crippen molar-refractivity contribution in [2.75, 3.05) is 31.5 Å². The van der Waals surface area contributed by atoms with Gasteiger partial charge in [-0.15, -0.1) is 0 Å². The number of amides is 2. The standard InChI is InChI=1S/C24H31N3O3/c1-16-10-17(2)24(18(3)11-16)26-22(28)12-25-23(29)15-27-13-19(4)30-21(14-27)20-8-6-5-7-9-20/h5-11,19,21H,12-15H2,1-4H3,(H,25,29)(H,26,28). The van der Waals surface area contributed by atoms with E-state index < -0.39 is 0 Å². The number of nitrogens with zero attached hydrogens (tertiary/aromatic N) is 1. The van der Waals surface area contributed by atoms with Gasteiger partial charge in [-0.1, -0.05) is 48.0 Å². The Bertz CT molecular complexity index is 875. The summed E-state index contributed by atoms with van der Waals surface area (Å²) in [6.07, 6.45) is -0.0221. The third-order valence-electron chi connectivity index (χ3n) is 5.26. The molecule has 1 aliphatic rings. The largest absolute Gasteiger partial charge is 0.368 e. The number of hydrogen-bond acceptors (Lipinski definition) is 4. The number of hydrogen-bond donors (Lipinski definition) is 2. The Morgan fingerprint density at radius 2 is 1.70 bits per heavy atom. The molecular weight excluding hydrogens is 378 g/mol. The lowest BCUT2D eigenvalue weighted by Crippen LogP contribution is -2.48. The second kappa shape index (κ2) is 9.87. The predicted molar refractivity (Wildman–Crippen MR) is 118 cm³/mol. The summed E-state index contributed by atoms with van der Waals surface area (Å²) >= 11 is 0. The van der Waals surface area contributed by atoms with Crippen LogP contribution in [0, 0.1) is 20.8 Å². The van der Waals surface area contributed by atoms with Gasteiger partial charge < -0.3 is 15.4 Å². The summed E-state index contributed by atoms with van der Waals surface area (Å²) < 4.78 is 6.04. The molecule has 1 aliphatic heterocycles. The maximum absolute atomic E-state index is 12.4. The summed E-state index contributed by atoms with van der Waals surface area (Å²) in [5.41, 5.74) is 5.11. The van der Waals surface area contributed by atoms with Gasteiger partial charge in [0.2, 0.25) is 11.8 Å². The maximum atomic E-state index is 12.4. The topological polar surface area (TPSA) is 70.7 Å². The number of morpholine rings is 1. The molecule has 160 valence electrons. The van der Waals surface area contributed by atoms with Crippen LogP contribution in [0.5, 0.6) is 0 Å². The Morgan fingerprint density at radius 1 is 1.03 bits per heavy atom. The summed E-state index contributed by atoms with van der Waals surface area (Å²) in [5, 5.41) is 5.65. The normalized spacial score (nSPS) is 19.3. The van der Waals surface area contributed by atoms with Crippen LogP contribution >= 0.6 is 0 Å². The van der Waals surface area contributed by atoms with Gasteiger partial charge in [0.25, 0.3) is 0 Å². The van der Waals surface area contributed by atoms with Gasteiger partial charge in [-0.25, -0.2) is 0 Å². The highest BCUT2D eigenvalue weighted by atomic mass is 16.5. The maximum Gasteiger partial charge on any atom is 0.243 e. The summed E-state index contributed by atoms with van der Waals surface area (Å²) in [7, 11) is 0. The number of aryl methyl sites for hydroxylation is 3. The van der Waals surface area contributed by atoms with Crippen molar-refractivity contribution in [2.24, 2.45) is 0 Å². The zero-order valence-electron chi connectivity index (χ0n) is 18.2. The second-order valence-corrected chi connectivity index (χ2v) is 8.14. The number of ether oxygens (including phenoxy) is 1. The number of carbonyl (C=O) groups excluding carboxylic acids is 2. The Hall–Kier alpha value is -2.70. The molecule has 0 aromatic heterocycles. The quantitative estimate of drug-likeness (QED) is 0.769. The van der Waals surface area contributed by atoms with E-state index in [4.69, 9.17) is 4.74 Å². The Balaban J connectivity index is 1.50. The minimum atomic E-state index is -0.226. The van der Waals surface area contributed by atoms with Crippen molar-refractivity contribution in [3.63, 3.8) is 0 Å². The highest BCUT2D eigenvalue weighted by Crippen LogP contribution is 2.25. The summed E-state index contributed by atoms with van der Waals surface area (Å²) in [5.74, 6) is -0.390. The average Bonchev–Trinajstić information content (AvgIpc) is 2.69. The summed E-state index contributed by atoms with van der Waals surface area (Å²) in [6.45, 7) is 9.51. The van der Waals surface area contributed by atoms with E-state index in [-0.39, 0.29) is 37.1 Å². The monoisotopic (exact) mass is 409 g/mol. The van der Waals surface area contributed by atoms with Crippen LogP contribution in [-0.2, 0) is 14.3 Å². The third kappa shape index (κ3) is 5.90. The van der Waals surface area contributed by atoms with Crippen molar-refractivity contribution in [1.82, 2.24) is 10.2 Å². The van der Waals surface area contributed by atoms with Gasteiger partial charge in [0.15, 0.2) is 0 Å². The number of benzene rings is 2. The molecule has 6 nitrogen and oxygen atoms in total. The first kappa shape index (κ1) is 22.0. The Labute approximate surface area is 178 Å². The number of carbonyl (C=O) groups is 2. The summed E-state index contributed by atoms with van der Waals surface area (Å²) in [6, 6.07) is 14.1. The zero-order valence-corrected chi connectivity index (χ0v) is 18.2. The minimum absolute atomic E-state index is 0.0348. The van der Waals surface area contributed by atoms with Gasteiger partial charge in [0.1, 0.15) is 0 Å². The molecule has 2 N–H and O–H groups in total. The van der Waals surface area contributed by atoms with Gasteiger partial charge in [-0.2, -0.15) is 0 Å². The fraction of sp³-hybridized carbons (Fsp3) is 0.417. The zero-order chi connectivity index (χ0) is 21.7. The fourth-order valence-electron chi connectivity index (χ4n) is 4.02. The lowest BCUT2D eigenvalue weighted by molar-refractivity contribution is -0.128. The van der Waals surface area contributed by atoms with Crippen molar-refractivity contribution in [2.45, 2.75) is 39.9 Å². The lowest BCUT2D eigenvalue weighted by Gasteiger charge is -2.36. The van der Waals surface area contributed by atoms with Crippen LogP contribution in [0.2, 0.25) is 0 Å². The highest BCUT2D eigenvalue weighted by Gasteiger charge is 2.27. The van der Waals surface area contributed by atoms with E-state index in [1.54, 1.807) is 0 Å². The van der Waals surface area contributed by atoms with Crippen molar-refractivity contribution in [1.29, 1.82) is 0 Å². The van der Waals surface area contributed by atoms with Crippen LogP contribution in [0.3, 0.4) is 0 Å². The molecule has 2 aromatic carbocycles. The molecule has 1 heterocycles. The molecular formula is C24H31N3O3. The Morgan fingerprint density at radius 3 is 2.37 bits per heavy atom. The number of rotatable bonds is 6. The number of anilines is 1. The van der Waals surface area contributed by atoms with E-state index in [0.29, 0.717) is 13.1 Å². The molecule has 2 unspecified atom stereocenters. The molecule has 1 saturated heterocycles. The minimum Gasteiger partial charge on any atom is -0.368 e. The molecule has 0 radical (unpaired) electrons. The molecule has 2 aromatic rings. The molecule has 1 fully saturated rings. The molecule has 2 amide bonds. The van der Waals surface area contributed by atoms with Gasteiger partial charge in [0.05, 0.1) is 25.3 Å². The smallest absolute Gasteiger partial charge is 0.243 e. The van der Waals surface area contributed by atoms with E-state index in [1.807, 2.05) is 70.2 Å². The van der Waals surface area contributed by atoms with Crippen LogP contribution < -0.4 is 10.6 Å². The van der Waals surface area contributed by atoms with Crippen molar-refractivity contribution < 1.29 is 14.3 Å². The number of nitrogens with one attached hydrogen (secondary N) is 2. The SMILES string of the molecule is Cc1cc(C)c(NC(=O)CNC(=O)CN2CC(C)OC(c3ccccc3)C2)c(C)c1. The molecule has 6 heteroatoms. The van der Waals surface area contributed by atoms with Crippen LogP contribution in [0.1, 0.15) is 35.3 Å². The molecule has 3 rings (SSSR count). The van der Waals surface area contributed by atoms with Gasteiger partial charge in [-0.3, -0.25) is 14.5 Å².